The third-order valence-electron chi connectivity index (χ3n) is 6.65. The third-order valence-corrected chi connectivity index (χ3v) is 10.5. The molecule has 2 saturated carbocycles. The van der Waals surface area contributed by atoms with Gasteiger partial charge in [-0.2, -0.15) is 5.10 Å². The van der Waals surface area contributed by atoms with Gasteiger partial charge in [0.2, 0.25) is 4.96 Å². The fourth-order valence-electron chi connectivity index (χ4n) is 4.80. The lowest BCUT2D eigenvalue weighted by molar-refractivity contribution is 0.0475. The Morgan fingerprint density at radius 3 is 2.53 bits per heavy atom. The van der Waals surface area contributed by atoms with E-state index >= 15 is 0 Å². The van der Waals surface area contributed by atoms with Crippen LogP contribution in [0.25, 0.3) is 16.2 Å². The largest absolute Gasteiger partial charge is 0.495 e. The van der Waals surface area contributed by atoms with Crippen molar-refractivity contribution in [2.24, 2.45) is 5.92 Å². The number of aryl methyl sites for hydroxylation is 1. The second-order valence-corrected chi connectivity index (χ2v) is 12.7. The number of aromatic nitrogens is 3. The Bertz CT molecular complexity index is 1310. The molecule has 0 bridgehead atoms. The molecule has 3 aromatic rings. The van der Waals surface area contributed by atoms with Gasteiger partial charge in [-0.05, 0) is 70.6 Å². The number of methoxy groups -OCH3 is 1. The van der Waals surface area contributed by atoms with Gasteiger partial charge in [-0.1, -0.05) is 11.3 Å². The lowest BCUT2D eigenvalue weighted by Crippen LogP contribution is -2.54. The lowest BCUT2D eigenvalue weighted by Gasteiger charge is -2.45. The van der Waals surface area contributed by atoms with Gasteiger partial charge >= 0.3 is 0 Å². The van der Waals surface area contributed by atoms with Crippen LogP contribution in [0.5, 0.6) is 5.75 Å². The molecule has 2 heterocycles. The van der Waals surface area contributed by atoms with E-state index in [1.165, 1.54) is 18.4 Å². The van der Waals surface area contributed by atoms with Crippen molar-refractivity contribution in [3.05, 3.63) is 28.9 Å². The molecule has 2 aliphatic rings. The average molecular weight is 478 g/mol. The summed E-state index contributed by atoms with van der Waals surface area (Å²) in [6, 6.07) is 5.11. The van der Waals surface area contributed by atoms with E-state index in [-0.39, 0.29) is 23.7 Å². The van der Waals surface area contributed by atoms with E-state index in [1.807, 2.05) is 6.92 Å². The van der Waals surface area contributed by atoms with Crippen LogP contribution in [0.15, 0.2) is 23.1 Å². The molecule has 5 rings (SSSR count). The van der Waals surface area contributed by atoms with E-state index in [9.17, 15) is 18.6 Å². The molecule has 32 heavy (non-hydrogen) atoms. The Hall–Kier alpha value is -2.01. The Kier molecular flexibility index (Phi) is 4.77. The smallest absolute Gasteiger partial charge is 0.213 e. The van der Waals surface area contributed by atoms with Crippen LogP contribution in [0.2, 0.25) is 0 Å². The van der Waals surface area contributed by atoms with E-state index in [2.05, 4.69) is 10.1 Å². The Labute approximate surface area is 190 Å². The molecule has 2 fully saturated rings. The van der Waals surface area contributed by atoms with Gasteiger partial charge in [-0.3, -0.25) is 0 Å². The van der Waals surface area contributed by atoms with Crippen molar-refractivity contribution in [3.8, 4) is 17.0 Å². The summed E-state index contributed by atoms with van der Waals surface area (Å²) in [5, 5.41) is 25.4. The zero-order chi connectivity index (χ0) is 23.1. The molecule has 0 radical (unpaired) electrons. The van der Waals surface area contributed by atoms with Crippen molar-refractivity contribution in [1.82, 2.24) is 14.6 Å². The lowest BCUT2D eigenvalue weighted by atomic mass is 9.78. The molecule has 0 aliphatic heterocycles. The number of fused-ring (bicyclic) bond motifs is 1. The monoisotopic (exact) mass is 477 g/mol. The SMILES string of the molecule is COc1ccc(-c2c(C)nc3sc(C(C)(C)O)nn23)cc1S(=O)(=O)C1(C2CC2)CC(O)C1. The van der Waals surface area contributed by atoms with Gasteiger partial charge in [0.25, 0.3) is 0 Å². The number of sulfone groups is 1. The first kappa shape index (κ1) is 21.8. The molecule has 1 aromatic carbocycles. The predicted octanol–water partition coefficient (Wildman–Crippen LogP) is 3.08. The molecule has 0 saturated heterocycles. The second kappa shape index (κ2) is 6.99. The van der Waals surface area contributed by atoms with Gasteiger partial charge in [0.15, 0.2) is 9.84 Å². The summed E-state index contributed by atoms with van der Waals surface area (Å²) < 4.78 is 34.0. The number of imidazole rings is 1. The first-order chi connectivity index (χ1) is 15.0. The fraction of sp³-hybridized carbons (Fsp3) is 0.545. The summed E-state index contributed by atoms with van der Waals surface area (Å²) in [7, 11) is -2.28. The minimum Gasteiger partial charge on any atom is -0.495 e. The predicted molar refractivity (Wildman–Crippen MR) is 121 cm³/mol. The summed E-state index contributed by atoms with van der Waals surface area (Å²) in [6.07, 6.45) is 1.70. The molecule has 172 valence electrons. The molecule has 2 aliphatic carbocycles. The topological polar surface area (TPSA) is 114 Å². The number of rotatable bonds is 6. The summed E-state index contributed by atoms with van der Waals surface area (Å²) in [4.78, 5) is 5.35. The first-order valence-electron chi connectivity index (χ1n) is 10.7. The van der Waals surface area contributed by atoms with Gasteiger partial charge in [0, 0.05) is 5.56 Å². The average Bonchev–Trinajstić information content (AvgIpc) is 3.38. The summed E-state index contributed by atoms with van der Waals surface area (Å²) in [5.41, 5.74) is 0.954. The number of ether oxygens (including phenoxy) is 1. The van der Waals surface area contributed by atoms with Crippen LogP contribution in [0, 0.1) is 12.8 Å². The highest BCUT2D eigenvalue weighted by Gasteiger charge is 2.62. The molecule has 8 nitrogen and oxygen atoms in total. The summed E-state index contributed by atoms with van der Waals surface area (Å²) in [5.74, 6) is 0.379. The zero-order valence-corrected chi connectivity index (χ0v) is 20.1. The normalized spacial score (nSPS) is 24.0. The van der Waals surface area contributed by atoms with Crippen LogP contribution in [-0.2, 0) is 15.4 Å². The Balaban J connectivity index is 1.67. The number of nitrogens with zero attached hydrogens (tertiary/aromatic N) is 3. The number of benzene rings is 1. The minimum atomic E-state index is -3.75. The van der Waals surface area contributed by atoms with Crippen molar-refractivity contribution in [1.29, 1.82) is 0 Å². The number of aliphatic hydroxyl groups excluding tert-OH is 1. The van der Waals surface area contributed by atoms with Crippen molar-refractivity contribution < 1.29 is 23.4 Å². The van der Waals surface area contributed by atoms with Crippen LogP contribution in [0.4, 0.5) is 0 Å². The third kappa shape index (κ3) is 3.11. The maximum absolute atomic E-state index is 13.9. The standard InChI is InChI=1S/C22H27N3O5S2/c1-12-18(25-20(23-12)31-19(24-25)21(2,3)27)13-5-8-16(30-4)17(9-13)32(28,29)22(14-6-7-14)10-15(26)11-22/h5,8-9,14-15,26-27H,6-7,10-11H2,1-4H3. The highest BCUT2D eigenvalue weighted by molar-refractivity contribution is 7.93. The van der Waals surface area contributed by atoms with Crippen LogP contribution in [0.1, 0.15) is 50.2 Å². The number of hydrogen-bond donors (Lipinski definition) is 2. The number of hydrogen-bond acceptors (Lipinski definition) is 8. The highest BCUT2D eigenvalue weighted by atomic mass is 32.2. The summed E-state index contributed by atoms with van der Waals surface area (Å²) in [6.45, 7) is 5.19. The second-order valence-electron chi connectivity index (χ2n) is 9.48. The minimum absolute atomic E-state index is 0.0838. The van der Waals surface area contributed by atoms with Gasteiger partial charge in [-0.15, -0.1) is 0 Å². The van der Waals surface area contributed by atoms with Crippen LogP contribution >= 0.6 is 11.3 Å². The van der Waals surface area contributed by atoms with E-state index in [0.717, 1.165) is 18.5 Å². The molecule has 0 amide bonds. The van der Waals surface area contributed by atoms with Crippen LogP contribution < -0.4 is 4.74 Å². The quantitative estimate of drug-likeness (QED) is 0.561. The fourth-order valence-corrected chi connectivity index (χ4v) is 8.38. The van der Waals surface area contributed by atoms with Crippen molar-refractivity contribution >= 4 is 26.1 Å². The number of aliphatic hydroxyl groups is 2. The highest BCUT2D eigenvalue weighted by Crippen LogP contribution is 2.57. The van der Waals surface area contributed by atoms with E-state index in [1.54, 1.807) is 36.6 Å². The van der Waals surface area contributed by atoms with Gasteiger partial charge in [0.1, 0.15) is 21.3 Å². The van der Waals surface area contributed by atoms with E-state index < -0.39 is 26.3 Å². The maximum Gasteiger partial charge on any atom is 0.213 e. The van der Waals surface area contributed by atoms with Crippen molar-refractivity contribution in [2.45, 2.75) is 67.8 Å². The first-order valence-corrected chi connectivity index (χ1v) is 13.0. The van der Waals surface area contributed by atoms with Gasteiger partial charge in [0.05, 0.1) is 29.3 Å². The van der Waals surface area contributed by atoms with E-state index in [4.69, 9.17) is 4.74 Å². The molecule has 0 spiro atoms. The van der Waals surface area contributed by atoms with E-state index in [0.29, 0.717) is 27.0 Å². The van der Waals surface area contributed by atoms with Gasteiger partial charge in [-0.25, -0.2) is 17.9 Å². The van der Waals surface area contributed by atoms with Crippen LogP contribution in [-0.4, -0.2) is 51.2 Å². The molecular formula is C22H27N3O5S2. The molecule has 10 heteroatoms. The molecule has 2 N–H and O–H groups in total. The molecule has 0 unspecified atom stereocenters. The molecule has 0 atom stereocenters. The molecular weight excluding hydrogens is 450 g/mol. The van der Waals surface area contributed by atoms with Crippen LogP contribution in [0.3, 0.4) is 0 Å². The summed E-state index contributed by atoms with van der Waals surface area (Å²) >= 11 is 1.30. The van der Waals surface area contributed by atoms with Gasteiger partial charge < -0.3 is 14.9 Å². The Morgan fingerprint density at radius 2 is 1.97 bits per heavy atom. The Morgan fingerprint density at radius 1 is 1.28 bits per heavy atom. The van der Waals surface area contributed by atoms with Crippen molar-refractivity contribution in [2.75, 3.05) is 7.11 Å². The van der Waals surface area contributed by atoms with Crippen molar-refractivity contribution in [3.63, 3.8) is 0 Å². The maximum atomic E-state index is 13.9. The molecule has 2 aromatic heterocycles. The zero-order valence-electron chi connectivity index (χ0n) is 18.5.